The van der Waals surface area contributed by atoms with Crippen LogP contribution >= 0.6 is 0 Å². The van der Waals surface area contributed by atoms with Crippen LogP contribution in [0.15, 0.2) is 42.5 Å². The molecule has 0 N–H and O–H groups in total. The predicted octanol–water partition coefficient (Wildman–Crippen LogP) is 5.11. The summed E-state index contributed by atoms with van der Waals surface area (Å²) in [5.41, 5.74) is 1.67. The molecule has 2 aromatic rings. The lowest BCUT2D eigenvalue weighted by Gasteiger charge is -2.39. The van der Waals surface area contributed by atoms with E-state index in [9.17, 15) is 26.9 Å². The second-order valence-electron chi connectivity index (χ2n) is 7.95. The molecule has 1 heterocycles. The second kappa shape index (κ2) is 9.02. The molecule has 0 fully saturated rings. The molecule has 0 aromatic heterocycles. The maximum atomic E-state index is 13.2. The lowest BCUT2D eigenvalue weighted by molar-refractivity contribution is -0.137. The first-order valence-corrected chi connectivity index (χ1v) is 12.3. The third kappa shape index (κ3) is 4.70. The van der Waals surface area contributed by atoms with Gasteiger partial charge in [0.05, 0.1) is 29.5 Å². The third-order valence-electron chi connectivity index (χ3n) is 5.81. The fourth-order valence-electron chi connectivity index (χ4n) is 4.25. The molecule has 1 aliphatic rings. The number of fused-ring (bicyclic) bond motifs is 1. The van der Waals surface area contributed by atoms with Crippen molar-refractivity contribution in [2.45, 2.75) is 38.3 Å². The topological polar surface area (TPSA) is 64.4 Å². The number of likely N-dealkylation sites (N-methyl/N-ethyl adjacent to an activating group) is 1. The molecule has 2 unspecified atom stereocenters. The molecule has 2 atom stereocenters. The van der Waals surface area contributed by atoms with Crippen molar-refractivity contribution in [3.05, 3.63) is 59.2 Å². The van der Waals surface area contributed by atoms with Crippen molar-refractivity contribution in [2.24, 2.45) is 0 Å². The number of alkyl halides is 3. The van der Waals surface area contributed by atoms with E-state index < -0.39 is 27.7 Å². The Kier molecular flexibility index (Phi) is 6.75. The Morgan fingerprint density at radius 1 is 1.16 bits per heavy atom. The number of hydrogen-bond donors (Lipinski definition) is 0. The summed E-state index contributed by atoms with van der Waals surface area (Å²) in [6.45, 7) is 5.02. The van der Waals surface area contributed by atoms with E-state index in [4.69, 9.17) is 0 Å². The SMILES string of the molecule is CCCN(c1ccc(C2CN(CC)c3cc(C(F)(F)F)ccc3C2C#N)cc1)S(C)(=O)=O. The van der Waals surface area contributed by atoms with Gasteiger partial charge >= 0.3 is 6.18 Å². The number of anilines is 2. The highest BCUT2D eigenvalue weighted by molar-refractivity contribution is 7.92. The van der Waals surface area contributed by atoms with Gasteiger partial charge in [-0.1, -0.05) is 25.1 Å². The summed E-state index contributed by atoms with van der Waals surface area (Å²) in [6.07, 6.45) is -2.63. The van der Waals surface area contributed by atoms with Gasteiger partial charge in [-0.3, -0.25) is 4.31 Å². The van der Waals surface area contributed by atoms with Crippen LogP contribution in [0.3, 0.4) is 0 Å². The van der Waals surface area contributed by atoms with Crippen molar-refractivity contribution < 1.29 is 21.6 Å². The number of halogens is 3. The van der Waals surface area contributed by atoms with Gasteiger partial charge in [-0.15, -0.1) is 0 Å². The predicted molar refractivity (Wildman–Crippen MR) is 119 cm³/mol. The van der Waals surface area contributed by atoms with Crippen molar-refractivity contribution >= 4 is 21.4 Å². The van der Waals surface area contributed by atoms with Crippen molar-refractivity contribution in [1.82, 2.24) is 0 Å². The van der Waals surface area contributed by atoms with Crippen LogP contribution in [0.1, 0.15) is 48.8 Å². The number of benzene rings is 2. The fourth-order valence-corrected chi connectivity index (χ4v) is 5.27. The van der Waals surface area contributed by atoms with Gasteiger partial charge in [0, 0.05) is 31.2 Å². The minimum absolute atomic E-state index is 0.254. The lowest BCUT2D eigenvalue weighted by Crippen LogP contribution is -2.36. The number of hydrogen-bond acceptors (Lipinski definition) is 4. The van der Waals surface area contributed by atoms with Gasteiger partial charge in [0.1, 0.15) is 0 Å². The summed E-state index contributed by atoms with van der Waals surface area (Å²) >= 11 is 0. The number of nitriles is 1. The molecule has 0 saturated carbocycles. The second-order valence-corrected chi connectivity index (χ2v) is 9.86. The molecule has 3 rings (SSSR count). The van der Waals surface area contributed by atoms with Crippen LogP contribution in [0, 0.1) is 11.3 Å². The maximum Gasteiger partial charge on any atom is 0.416 e. The van der Waals surface area contributed by atoms with Gasteiger partial charge in [-0.25, -0.2) is 8.42 Å². The molecule has 0 amide bonds. The Hall–Kier alpha value is -2.73. The van der Waals surface area contributed by atoms with Crippen molar-refractivity contribution in [2.75, 3.05) is 35.1 Å². The average molecular weight is 466 g/mol. The van der Waals surface area contributed by atoms with Gasteiger partial charge in [0.15, 0.2) is 0 Å². The molecule has 5 nitrogen and oxygen atoms in total. The highest BCUT2D eigenvalue weighted by Crippen LogP contribution is 2.45. The van der Waals surface area contributed by atoms with E-state index >= 15 is 0 Å². The van der Waals surface area contributed by atoms with Crippen LogP contribution in [-0.2, 0) is 16.2 Å². The Balaban J connectivity index is 2.00. The van der Waals surface area contributed by atoms with Crippen LogP contribution < -0.4 is 9.21 Å². The minimum Gasteiger partial charge on any atom is -0.371 e. The van der Waals surface area contributed by atoms with Gasteiger partial charge in [-0.2, -0.15) is 18.4 Å². The molecule has 0 bridgehead atoms. The molecule has 32 heavy (non-hydrogen) atoms. The van der Waals surface area contributed by atoms with E-state index in [1.807, 2.05) is 18.7 Å². The number of nitrogens with zero attached hydrogens (tertiary/aromatic N) is 3. The molecular weight excluding hydrogens is 439 g/mol. The molecule has 9 heteroatoms. The highest BCUT2D eigenvalue weighted by Gasteiger charge is 2.37. The summed E-state index contributed by atoms with van der Waals surface area (Å²) in [5.74, 6) is -0.862. The molecule has 172 valence electrons. The first-order chi connectivity index (χ1) is 15.0. The van der Waals surface area contributed by atoms with E-state index in [0.29, 0.717) is 43.0 Å². The quantitative estimate of drug-likeness (QED) is 0.595. The Bertz CT molecular complexity index is 1110. The number of sulfonamides is 1. The van der Waals surface area contributed by atoms with Crippen LogP contribution in [0.4, 0.5) is 24.5 Å². The first-order valence-electron chi connectivity index (χ1n) is 10.4. The minimum atomic E-state index is -4.45. The molecule has 0 radical (unpaired) electrons. The van der Waals surface area contributed by atoms with Crippen LogP contribution in [0.5, 0.6) is 0 Å². The van der Waals surface area contributed by atoms with Crippen molar-refractivity contribution in [3.63, 3.8) is 0 Å². The van der Waals surface area contributed by atoms with Crippen LogP contribution in [0.25, 0.3) is 0 Å². The molecule has 0 spiro atoms. The molecular formula is C23H26F3N3O2S. The zero-order valence-electron chi connectivity index (χ0n) is 18.2. The van der Waals surface area contributed by atoms with Crippen molar-refractivity contribution in [3.8, 4) is 6.07 Å². The van der Waals surface area contributed by atoms with E-state index in [-0.39, 0.29) is 5.92 Å². The summed E-state index contributed by atoms with van der Waals surface area (Å²) in [5, 5.41) is 9.90. The van der Waals surface area contributed by atoms with Crippen molar-refractivity contribution in [1.29, 1.82) is 5.26 Å². The highest BCUT2D eigenvalue weighted by atomic mass is 32.2. The normalized spacial score (nSPS) is 18.7. The average Bonchev–Trinajstić information content (AvgIpc) is 2.74. The fraction of sp³-hybridized carbons (Fsp3) is 0.435. The van der Waals surface area contributed by atoms with Crippen LogP contribution in [0.2, 0.25) is 0 Å². The van der Waals surface area contributed by atoms with Crippen LogP contribution in [-0.4, -0.2) is 34.3 Å². The third-order valence-corrected chi connectivity index (χ3v) is 7.00. The zero-order chi connectivity index (χ0) is 23.7. The van der Waals surface area contributed by atoms with E-state index in [2.05, 4.69) is 6.07 Å². The standard InChI is InChI=1S/C23H26F3N3O2S/c1-4-12-29(32(3,30)31)18-9-6-16(7-10-18)21-15-28(5-2)22-13-17(23(24,25)26)8-11-19(22)20(21)14-27/h6-11,13,20-21H,4-5,12,15H2,1-3H3. The Labute approximate surface area is 187 Å². The van der Waals surface area contributed by atoms with E-state index in [0.717, 1.165) is 24.0 Å². The lowest BCUT2D eigenvalue weighted by atomic mass is 9.78. The zero-order valence-corrected chi connectivity index (χ0v) is 19.0. The smallest absolute Gasteiger partial charge is 0.371 e. The number of rotatable bonds is 6. The Morgan fingerprint density at radius 3 is 2.31 bits per heavy atom. The van der Waals surface area contributed by atoms with E-state index in [1.54, 1.807) is 24.3 Å². The maximum absolute atomic E-state index is 13.2. The largest absolute Gasteiger partial charge is 0.416 e. The molecule has 0 saturated heterocycles. The van der Waals surface area contributed by atoms with E-state index in [1.165, 1.54) is 10.4 Å². The summed E-state index contributed by atoms with van der Waals surface area (Å²) in [4.78, 5) is 1.86. The monoisotopic (exact) mass is 465 g/mol. The van der Waals surface area contributed by atoms with Gasteiger partial charge < -0.3 is 4.90 Å². The van der Waals surface area contributed by atoms with Gasteiger partial charge in [0.25, 0.3) is 0 Å². The van der Waals surface area contributed by atoms with Gasteiger partial charge in [0.2, 0.25) is 10.0 Å². The first kappa shape index (κ1) is 23.9. The Morgan fingerprint density at radius 2 is 1.81 bits per heavy atom. The van der Waals surface area contributed by atoms with Gasteiger partial charge in [-0.05, 0) is 48.7 Å². The molecule has 2 aromatic carbocycles. The molecule has 0 aliphatic carbocycles. The summed E-state index contributed by atoms with van der Waals surface area (Å²) in [6, 6.07) is 12.9. The summed E-state index contributed by atoms with van der Waals surface area (Å²) in [7, 11) is -3.42. The molecule has 1 aliphatic heterocycles. The summed E-state index contributed by atoms with van der Waals surface area (Å²) < 4.78 is 65.2.